The zero-order valence-corrected chi connectivity index (χ0v) is 14.7. The molecule has 3 aromatic carbocycles. The van der Waals surface area contributed by atoms with Crippen LogP contribution in [0.3, 0.4) is 0 Å². The number of carbonyl (C=O) groups is 2. The molecule has 0 N–H and O–H groups in total. The van der Waals surface area contributed by atoms with Crippen molar-refractivity contribution in [2.24, 2.45) is 0 Å². The predicted molar refractivity (Wildman–Crippen MR) is 102 cm³/mol. The molecule has 0 aromatic heterocycles. The van der Waals surface area contributed by atoms with Crippen LogP contribution in [0.4, 0.5) is 4.39 Å². The molecule has 3 nitrogen and oxygen atoms in total. The summed E-state index contributed by atoms with van der Waals surface area (Å²) in [7, 11) is 0. The first-order valence-electron chi connectivity index (χ1n) is 8.39. The molecule has 0 bridgehead atoms. The number of esters is 1. The predicted octanol–water partition coefficient (Wildman–Crippen LogP) is 5.25. The second-order valence-corrected chi connectivity index (χ2v) is 5.97. The highest BCUT2D eigenvalue weighted by molar-refractivity contribution is 6.07. The van der Waals surface area contributed by atoms with Crippen molar-refractivity contribution < 1.29 is 18.7 Å². The third-order valence-corrected chi connectivity index (χ3v) is 3.97. The molecular weight excluding hydrogens is 343 g/mol. The standard InChI is InChI=1S/C23H17FO3/c1-16-10-12-17(13-11-16)21(25)15-14-18-6-2-5-9-22(18)27-23(26)19-7-3-4-8-20(19)24/h2-15H,1H3. The van der Waals surface area contributed by atoms with Crippen molar-refractivity contribution >= 4 is 17.8 Å². The summed E-state index contributed by atoms with van der Waals surface area (Å²) in [5.74, 6) is -1.35. The maximum absolute atomic E-state index is 13.8. The van der Waals surface area contributed by atoms with Crippen LogP contribution < -0.4 is 4.74 Å². The van der Waals surface area contributed by atoms with Gasteiger partial charge in [-0.3, -0.25) is 4.79 Å². The lowest BCUT2D eigenvalue weighted by Gasteiger charge is -2.08. The summed E-state index contributed by atoms with van der Waals surface area (Å²) < 4.78 is 19.1. The number of allylic oxidation sites excluding steroid dienone is 1. The molecule has 27 heavy (non-hydrogen) atoms. The Labute approximate surface area is 156 Å². The molecule has 0 aliphatic heterocycles. The van der Waals surface area contributed by atoms with Crippen LogP contribution in [0, 0.1) is 12.7 Å². The number of hydrogen-bond donors (Lipinski definition) is 0. The van der Waals surface area contributed by atoms with Crippen molar-refractivity contribution in [2.75, 3.05) is 0 Å². The van der Waals surface area contributed by atoms with Gasteiger partial charge in [0.1, 0.15) is 11.6 Å². The van der Waals surface area contributed by atoms with E-state index < -0.39 is 11.8 Å². The average Bonchev–Trinajstić information content (AvgIpc) is 2.68. The van der Waals surface area contributed by atoms with Gasteiger partial charge in [0.15, 0.2) is 5.78 Å². The van der Waals surface area contributed by atoms with E-state index in [0.29, 0.717) is 11.1 Å². The van der Waals surface area contributed by atoms with Crippen LogP contribution in [-0.2, 0) is 0 Å². The highest BCUT2D eigenvalue weighted by Gasteiger charge is 2.14. The highest BCUT2D eigenvalue weighted by Crippen LogP contribution is 2.22. The molecule has 4 heteroatoms. The lowest BCUT2D eigenvalue weighted by molar-refractivity contribution is 0.0729. The zero-order chi connectivity index (χ0) is 19.2. The third-order valence-electron chi connectivity index (χ3n) is 3.97. The van der Waals surface area contributed by atoms with Crippen molar-refractivity contribution in [3.05, 3.63) is 107 Å². The summed E-state index contributed by atoms with van der Waals surface area (Å²) >= 11 is 0. The first kappa shape index (κ1) is 18.3. The number of benzene rings is 3. The summed E-state index contributed by atoms with van der Waals surface area (Å²) in [6, 6.07) is 19.6. The van der Waals surface area contributed by atoms with Gasteiger partial charge < -0.3 is 4.74 Å². The van der Waals surface area contributed by atoms with Gasteiger partial charge in [-0.05, 0) is 37.3 Å². The molecule has 0 saturated carbocycles. The minimum Gasteiger partial charge on any atom is -0.422 e. The van der Waals surface area contributed by atoms with Gasteiger partial charge in [0.25, 0.3) is 0 Å². The molecule has 0 atom stereocenters. The second-order valence-electron chi connectivity index (χ2n) is 5.97. The minimum atomic E-state index is -0.793. The lowest BCUT2D eigenvalue weighted by Crippen LogP contribution is -2.11. The molecule has 0 spiro atoms. The van der Waals surface area contributed by atoms with Crippen LogP contribution in [0.5, 0.6) is 5.75 Å². The zero-order valence-electron chi connectivity index (χ0n) is 14.7. The quantitative estimate of drug-likeness (QED) is 0.270. The Balaban J connectivity index is 1.80. The van der Waals surface area contributed by atoms with Gasteiger partial charge in [0, 0.05) is 11.1 Å². The van der Waals surface area contributed by atoms with E-state index in [2.05, 4.69) is 0 Å². The monoisotopic (exact) mass is 360 g/mol. The summed E-state index contributed by atoms with van der Waals surface area (Å²) in [4.78, 5) is 24.5. The fourth-order valence-electron chi connectivity index (χ4n) is 2.47. The molecule has 134 valence electrons. The number of halogens is 1. The minimum absolute atomic E-state index is 0.146. The van der Waals surface area contributed by atoms with E-state index in [1.165, 1.54) is 24.3 Å². The Hall–Kier alpha value is -3.53. The van der Waals surface area contributed by atoms with Crippen LogP contribution in [0.1, 0.15) is 31.8 Å². The number of rotatable bonds is 5. The Kier molecular flexibility index (Phi) is 5.57. The topological polar surface area (TPSA) is 43.4 Å². The molecule has 0 fully saturated rings. The SMILES string of the molecule is Cc1ccc(C(=O)C=Cc2ccccc2OC(=O)c2ccccc2F)cc1. The second kappa shape index (κ2) is 8.23. The molecule has 0 unspecified atom stereocenters. The average molecular weight is 360 g/mol. The number of ether oxygens (including phenoxy) is 1. The number of ketones is 1. The summed E-state index contributed by atoms with van der Waals surface area (Å²) in [5, 5.41) is 0. The van der Waals surface area contributed by atoms with Crippen molar-refractivity contribution in [3.8, 4) is 5.75 Å². The van der Waals surface area contributed by atoms with Crippen LogP contribution in [0.25, 0.3) is 6.08 Å². The molecule has 0 heterocycles. The number of carbonyl (C=O) groups excluding carboxylic acids is 2. The molecule has 0 aliphatic carbocycles. The fraction of sp³-hybridized carbons (Fsp3) is 0.0435. The van der Waals surface area contributed by atoms with E-state index in [1.54, 1.807) is 48.5 Å². The molecule has 3 aromatic rings. The van der Waals surface area contributed by atoms with Gasteiger partial charge >= 0.3 is 5.97 Å². The van der Waals surface area contributed by atoms with Gasteiger partial charge in [-0.2, -0.15) is 0 Å². The van der Waals surface area contributed by atoms with E-state index in [9.17, 15) is 14.0 Å². The number of para-hydroxylation sites is 1. The molecular formula is C23H17FO3. The normalized spacial score (nSPS) is 10.7. The van der Waals surface area contributed by atoms with E-state index in [1.807, 2.05) is 19.1 Å². The maximum Gasteiger partial charge on any atom is 0.346 e. The number of aryl methyl sites for hydroxylation is 1. The van der Waals surface area contributed by atoms with Crippen LogP contribution in [0.15, 0.2) is 78.9 Å². The van der Waals surface area contributed by atoms with Gasteiger partial charge in [-0.25, -0.2) is 9.18 Å². The fourth-order valence-corrected chi connectivity index (χ4v) is 2.47. The molecule has 0 amide bonds. The lowest BCUT2D eigenvalue weighted by atomic mass is 10.1. The first-order chi connectivity index (χ1) is 13.0. The Morgan fingerprint density at radius 3 is 2.30 bits per heavy atom. The van der Waals surface area contributed by atoms with Gasteiger partial charge in [-0.15, -0.1) is 0 Å². The third kappa shape index (κ3) is 4.55. The smallest absolute Gasteiger partial charge is 0.346 e. The van der Waals surface area contributed by atoms with Gasteiger partial charge in [0.05, 0.1) is 5.56 Å². The summed E-state index contributed by atoms with van der Waals surface area (Å²) in [6.45, 7) is 1.95. The highest BCUT2D eigenvalue weighted by atomic mass is 19.1. The largest absolute Gasteiger partial charge is 0.422 e. The van der Waals surface area contributed by atoms with E-state index >= 15 is 0 Å². The molecule has 0 aliphatic rings. The molecule has 0 radical (unpaired) electrons. The van der Waals surface area contributed by atoms with E-state index in [4.69, 9.17) is 4.74 Å². The van der Waals surface area contributed by atoms with Gasteiger partial charge in [0.2, 0.25) is 0 Å². The summed E-state index contributed by atoms with van der Waals surface area (Å²) in [5.41, 5.74) is 2.04. The van der Waals surface area contributed by atoms with Crippen molar-refractivity contribution in [2.45, 2.75) is 6.92 Å². The molecule has 0 saturated heterocycles. The van der Waals surface area contributed by atoms with Crippen molar-refractivity contribution in [1.29, 1.82) is 0 Å². The maximum atomic E-state index is 13.8. The van der Waals surface area contributed by atoms with Crippen LogP contribution >= 0.6 is 0 Å². The van der Waals surface area contributed by atoms with Crippen molar-refractivity contribution in [1.82, 2.24) is 0 Å². The van der Waals surface area contributed by atoms with Crippen LogP contribution in [0.2, 0.25) is 0 Å². The van der Waals surface area contributed by atoms with E-state index in [0.717, 1.165) is 5.56 Å². The molecule has 3 rings (SSSR count). The summed E-state index contributed by atoms with van der Waals surface area (Å²) in [6.07, 6.45) is 2.99. The number of hydrogen-bond acceptors (Lipinski definition) is 3. The Morgan fingerprint density at radius 2 is 1.56 bits per heavy atom. The van der Waals surface area contributed by atoms with Crippen molar-refractivity contribution in [3.63, 3.8) is 0 Å². The van der Waals surface area contributed by atoms with E-state index in [-0.39, 0.29) is 17.1 Å². The Bertz CT molecular complexity index is 1000. The first-order valence-corrected chi connectivity index (χ1v) is 8.39. The Morgan fingerprint density at radius 1 is 0.889 bits per heavy atom. The van der Waals surface area contributed by atoms with Crippen LogP contribution in [-0.4, -0.2) is 11.8 Å². The van der Waals surface area contributed by atoms with Gasteiger partial charge in [-0.1, -0.05) is 60.2 Å².